The molecule has 0 aliphatic rings. The van der Waals surface area contributed by atoms with Crippen molar-refractivity contribution in [3.63, 3.8) is 0 Å². The van der Waals surface area contributed by atoms with Crippen LogP contribution in [0.1, 0.15) is 11.1 Å². The highest BCUT2D eigenvalue weighted by Crippen LogP contribution is 2.35. The summed E-state index contributed by atoms with van der Waals surface area (Å²) in [7, 11) is 0. The van der Waals surface area contributed by atoms with Gasteiger partial charge in [0.25, 0.3) is 0 Å². The molecule has 2 aromatic rings. The molecule has 0 aliphatic carbocycles. The van der Waals surface area contributed by atoms with Gasteiger partial charge in [-0.3, -0.25) is 4.79 Å². The maximum absolute atomic E-state index is 12.9. The van der Waals surface area contributed by atoms with E-state index in [4.69, 9.17) is 5.73 Å². The molecule has 0 aromatic heterocycles. The number of primary amides is 1. The molecule has 1 atom stereocenters. The number of carbonyl (C=O) groups excluding carboxylic acids is 1. The lowest BCUT2D eigenvalue weighted by Gasteiger charge is -2.26. The van der Waals surface area contributed by atoms with E-state index in [0.717, 1.165) is 0 Å². The third kappa shape index (κ3) is 2.11. The van der Waals surface area contributed by atoms with Crippen LogP contribution in [0.25, 0.3) is 0 Å². The molecule has 0 bridgehead atoms. The lowest BCUT2D eigenvalue weighted by Crippen LogP contribution is -2.37. The summed E-state index contributed by atoms with van der Waals surface area (Å²) in [6.07, 6.45) is 0. The maximum atomic E-state index is 12.9. The lowest BCUT2D eigenvalue weighted by atomic mass is 9.89. The summed E-state index contributed by atoms with van der Waals surface area (Å²) in [6, 6.07) is 14.6. The first kappa shape index (κ1) is 12.6. The minimum Gasteiger partial charge on any atom is -0.368 e. The number of nitrogens with two attached hydrogens (primary N) is 1. The third-order valence-electron chi connectivity index (χ3n) is 2.81. The summed E-state index contributed by atoms with van der Waals surface area (Å²) in [5, 5.41) is 0. The first-order valence-electron chi connectivity index (χ1n) is 5.39. The monoisotopic (exact) mass is 261 g/mol. The van der Waals surface area contributed by atoms with E-state index in [2.05, 4.69) is 12.6 Å². The van der Waals surface area contributed by atoms with Crippen LogP contribution < -0.4 is 5.73 Å². The van der Waals surface area contributed by atoms with Crippen LogP contribution in [0, 0.1) is 5.82 Å². The fourth-order valence-electron chi connectivity index (χ4n) is 1.82. The zero-order chi connectivity index (χ0) is 13.2. The minimum atomic E-state index is -1.26. The Morgan fingerprint density at radius 3 is 2.00 bits per heavy atom. The summed E-state index contributed by atoms with van der Waals surface area (Å²) in [5.74, 6) is -0.962. The Morgan fingerprint density at radius 1 is 1.00 bits per heavy atom. The molecule has 2 rings (SSSR count). The van der Waals surface area contributed by atoms with Gasteiger partial charge < -0.3 is 5.73 Å². The van der Waals surface area contributed by atoms with Crippen molar-refractivity contribution in [2.75, 3.05) is 0 Å². The molecule has 0 saturated carbocycles. The Morgan fingerprint density at radius 2 is 1.50 bits per heavy atom. The van der Waals surface area contributed by atoms with Crippen molar-refractivity contribution in [2.24, 2.45) is 5.73 Å². The average Bonchev–Trinajstić information content (AvgIpc) is 2.39. The zero-order valence-corrected chi connectivity index (χ0v) is 10.4. The van der Waals surface area contributed by atoms with Gasteiger partial charge in [-0.25, -0.2) is 4.39 Å². The molecule has 1 amide bonds. The molecule has 18 heavy (non-hydrogen) atoms. The smallest absolute Gasteiger partial charge is 0.242 e. The fourth-order valence-corrected chi connectivity index (χ4v) is 2.12. The Labute approximate surface area is 110 Å². The molecule has 0 heterocycles. The molecule has 2 aromatic carbocycles. The topological polar surface area (TPSA) is 43.1 Å². The molecule has 0 fully saturated rings. The lowest BCUT2D eigenvalue weighted by molar-refractivity contribution is -0.119. The largest absolute Gasteiger partial charge is 0.368 e. The van der Waals surface area contributed by atoms with Crippen LogP contribution in [0.5, 0.6) is 0 Å². The third-order valence-corrected chi connectivity index (χ3v) is 3.55. The Bertz CT molecular complexity index is 556. The number of rotatable bonds is 3. The molecule has 0 saturated heterocycles. The van der Waals surface area contributed by atoms with E-state index in [-0.39, 0.29) is 5.82 Å². The van der Waals surface area contributed by atoms with Gasteiger partial charge in [0.05, 0.1) is 0 Å². The summed E-state index contributed by atoms with van der Waals surface area (Å²) in [4.78, 5) is 11.8. The molecule has 92 valence electrons. The second kappa shape index (κ2) is 4.82. The van der Waals surface area contributed by atoms with E-state index in [0.29, 0.717) is 11.1 Å². The van der Waals surface area contributed by atoms with Gasteiger partial charge in [0.2, 0.25) is 5.91 Å². The summed E-state index contributed by atoms with van der Waals surface area (Å²) >= 11 is 4.43. The number of amides is 1. The van der Waals surface area contributed by atoms with Crippen molar-refractivity contribution >= 4 is 18.5 Å². The van der Waals surface area contributed by atoms with Crippen LogP contribution in [0.15, 0.2) is 54.6 Å². The van der Waals surface area contributed by atoms with Gasteiger partial charge in [0.15, 0.2) is 0 Å². The van der Waals surface area contributed by atoms with E-state index in [1.807, 2.05) is 6.07 Å². The van der Waals surface area contributed by atoms with Gasteiger partial charge in [0, 0.05) is 0 Å². The van der Waals surface area contributed by atoms with E-state index in [1.54, 1.807) is 24.3 Å². The first-order valence-corrected chi connectivity index (χ1v) is 5.83. The Kier molecular flexibility index (Phi) is 3.39. The van der Waals surface area contributed by atoms with Crippen molar-refractivity contribution in [3.8, 4) is 0 Å². The number of thiol groups is 1. The van der Waals surface area contributed by atoms with Gasteiger partial charge >= 0.3 is 0 Å². The van der Waals surface area contributed by atoms with Crippen molar-refractivity contribution in [2.45, 2.75) is 4.75 Å². The van der Waals surface area contributed by atoms with Crippen LogP contribution in [0.2, 0.25) is 0 Å². The predicted octanol–water partition coefficient (Wildman–Crippen LogP) is 2.48. The molecule has 2 nitrogen and oxygen atoms in total. The molecule has 4 heteroatoms. The second-order valence-corrected chi connectivity index (χ2v) is 4.62. The van der Waals surface area contributed by atoms with Gasteiger partial charge in [0.1, 0.15) is 10.6 Å². The van der Waals surface area contributed by atoms with Gasteiger partial charge in [-0.1, -0.05) is 42.5 Å². The highest BCUT2D eigenvalue weighted by molar-refractivity contribution is 7.82. The van der Waals surface area contributed by atoms with Crippen LogP contribution in [0.4, 0.5) is 4.39 Å². The van der Waals surface area contributed by atoms with Crippen molar-refractivity contribution < 1.29 is 9.18 Å². The van der Waals surface area contributed by atoms with E-state index in [9.17, 15) is 9.18 Å². The number of halogens is 1. The van der Waals surface area contributed by atoms with Crippen LogP contribution >= 0.6 is 12.6 Å². The molecular weight excluding hydrogens is 249 g/mol. The standard InChI is InChI=1S/C14H12FNOS/c15-12-8-6-11(7-9-12)14(18,13(16)17)10-4-2-1-3-5-10/h1-9,18H,(H2,16,17). The zero-order valence-electron chi connectivity index (χ0n) is 9.51. The quantitative estimate of drug-likeness (QED) is 0.819. The molecule has 0 spiro atoms. The number of hydrogen-bond acceptors (Lipinski definition) is 2. The minimum absolute atomic E-state index is 0.369. The Hall–Kier alpha value is -1.81. The van der Waals surface area contributed by atoms with Crippen LogP contribution in [-0.4, -0.2) is 5.91 Å². The molecule has 1 unspecified atom stereocenters. The summed E-state index contributed by atoms with van der Waals surface area (Å²) in [6.45, 7) is 0. The van der Waals surface area contributed by atoms with Gasteiger partial charge in [-0.05, 0) is 23.3 Å². The number of benzene rings is 2. The van der Waals surface area contributed by atoms with E-state index < -0.39 is 10.7 Å². The van der Waals surface area contributed by atoms with Crippen molar-refractivity contribution in [3.05, 3.63) is 71.5 Å². The number of carbonyl (C=O) groups is 1. The highest BCUT2D eigenvalue weighted by atomic mass is 32.1. The van der Waals surface area contributed by atoms with E-state index >= 15 is 0 Å². The van der Waals surface area contributed by atoms with Crippen LogP contribution in [-0.2, 0) is 9.54 Å². The normalized spacial score (nSPS) is 13.9. The van der Waals surface area contributed by atoms with Crippen LogP contribution in [0.3, 0.4) is 0 Å². The maximum Gasteiger partial charge on any atom is 0.242 e. The SMILES string of the molecule is NC(=O)C(S)(c1ccccc1)c1ccc(F)cc1. The summed E-state index contributed by atoms with van der Waals surface area (Å²) < 4.78 is 11.7. The second-order valence-electron chi connectivity index (χ2n) is 3.95. The van der Waals surface area contributed by atoms with Crippen molar-refractivity contribution in [1.29, 1.82) is 0 Å². The van der Waals surface area contributed by atoms with Crippen molar-refractivity contribution in [1.82, 2.24) is 0 Å². The molecule has 0 radical (unpaired) electrons. The highest BCUT2D eigenvalue weighted by Gasteiger charge is 2.36. The number of hydrogen-bond donors (Lipinski definition) is 2. The van der Waals surface area contributed by atoms with Gasteiger partial charge in [-0.15, -0.1) is 0 Å². The summed E-state index contributed by atoms with van der Waals surface area (Å²) in [5.41, 5.74) is 6.67. The predicted molar refractivity (Wildman–Crippen MR) is 71.8 cm³/mol. The molecular formula is C14H12FNOS. The Balaban J connectivity index is 2.58. The fraction of sp³-hybridized carbons (Fsp3) is 0.0714. The molecule has 2 N–H and O–H groups in total. The first-order chi connectivity index (χ1) is 8.55. The van der Waals surface area contributed by atoms with Gasteiger partial charge in [-0.2, -0.15) is 12.6 Å². The molecule has 0 aliphatic heterocycles. The average molecular weight is 261 g/mol. The van der Waals surface area contributed by atoms with E-state index in [1.165, 1.54) is 24.3 Å².